The molecule has 0 saturated carbocycles. The SMILES string of the molecule is CCC1(COCCCCCCOc2ccc(C(=O)O)cc2)COC1. The smallest absolute Gasteiger partial charge is 0.335 e. The number of hydrogen-bond acceptors (Lipinski definition) is 4. The first-order valence-corrected chi connectivity index (χ1v) is 8.77. The number of ether oxygens (including phenoxy) is 3. The number of carbonyl (C=O) groups is 1. The van der Waals surface area contributed by atoms with E-state index in [9.17, 15) is 4.79 Å². The molecule has 0 atom stereocenters. The standard InChI is InChI=1S/C19H28O5/c1-2-19(14-23-15-19)13-22-11-5-3-4-6-12-24-17-9-7-16(8-10-17)18(20)21/h7-10H,2-6,11-15H2,1H3,(H,20,21). The number of aromatic carboxylic acids is 1. The fraction of sp³-hybridized carbons (Fsp3) is 0.632. The Bertz CT molecular complexity index is 487. The van der Waals surface area contributed by atoms with Crippen molar-refractivity contribution in [2.24, 2.45) is 5.41 Å². The minimum absolute atomic E-state index is 0.278. The van der Waals surface area contributed by atoms with Gasteiger partial charge in [0.1, 0.15) is 5.75 Å². The summed E-state index contributed by atoms with van der Waals surface area (Å²) in [6.45, 7) is 6.17. The Morgan fingerprint density at radius 1 is 1.12 bits per heavy atom. The van der Waals surface area contributed by atoms with Crippen LogP contribution in [0.15, 0.2) is 24.3 Å². The Morgan fingerprint density at radius 3 is 2.33 bits per heavy atom. The number of unbranched alkanes of at least 4 members (excludes halogenated alkanes) is 3. The van der Waals surface area contributed by atoms with Crippen LogP contribution in [0.4, 0.5) is 0 Å². The third kappa shape index (κ3) is 5.80. The Balaban J connectivity index is 1.44. The molecule has 1 aliphatic rings. The van der Waals surface area contributed by atoms with Crippen molar-refractivity contribution in [3.8, 4) is 5.75 Å². The fourth-order valence-electron chi connectivity index (χ4n) is 2.61. The lowest BCUT2D eigenvalue weighted by Gasteiger charge is -2.40. The lowest BCUT2D eigenvalue weighted by Crippen LogP contribution is -2.45. The fourth-order valence-corrected chi connectivity index (χ4v) is 2.61. The molecule has 0 radical (unpaired) electrons. The molecule has 24 heavy (non-hydrogen) atoms. The van der Waals surface area contributed by atoms with Crippen LogP contribution in [0.1, 0.15) is 49.4 Å². The van der Waals surface area contributed by atoms with Gasteiger partial charge in [0.15, 0.2) is 0 Å². The zero-order chi connectivity index (χ0) is 17.3. The van der Waals surface area contributed by atoms with Crippen molar-refractivity contribution in [1.29, 1.82) is 0 Å². The topological polar surface area (TPSA) is 65.0 Å². The van der Waals surface area contributed by atoms with E-state index in [1.54, 1.807) is 24.3 Å². The Kier molecular flexibility index (Phi) is 7.53. The average Bonchev–Trinajstić information content (AvgIpc) is 2.56. The highest BCUT2D eigenvalue weighted by atomic mass is 16.5. The summed E-state index contributed by atoms with van der Waals surface area (Å²) in [5.41, 5.74) is 0.560. The van der Waals surface area contributed by atoms with Gasteiger partial charge in [0.2, 0.25) is 0 Å². The molecule has 5 heteroatoms. The normalized spacial score (nSPS) is 15.7. The minimum atomic E-state index is -0.918. The molecule has 2 rings (SSSR count). The van der Waals surface area contributed by atoms with Gasteiger partial charge in [-0.1, -0.05) is 13.3 Å². The molecule has 0 spiro atoms. The predicted molar refractivity (Wildman–Crippen MR) is 91.7 cm³/mol. The van der Waals surface area contributed by atoms with Crippen molar-refractivity contribution in [1.82, 2.24) is 0 Å². The van der Waals surface area contributed by atoms with Crippen molar-refractivity contribution >= 4 is 5.97 Å². The molecular formula is C19H28O5. The first kappa shape index (κ1) is 18.7. The zero-order valence-corrected chi connectivity index (χ0v) is 14.5. The van der Waals surface area contributed by atoms with Gasteiger partial charge in [-0.05, 0) is 49.9 Å². The van der Waals surface area contributed by atoms with E-state index in [4.69, 9.17) is 19.3 Å². The van der Waals surface area contributed by atoms with Crippen molar-refractivity contribution in [3.63, 3.8) is 0 Å². The molecule has 0 bridgehead atoms. The van der Waals surface area contributed by atoms with Crippen molar-refractivity contribution in [2.45, 2.75) is 39.0 Å². The molecule has 0 aromatic heterocycles. The van der Waals surface area contributed by atoms with Crippen LogP contribution in [-0.4, -0.2) is 44.1 Å². The second-order valence-corrected chi connectivity index (χ2v) is 6.49. The number of carboxylic acid groups (broad SMARTS) is 1. The third-order valence-electron chi connectivity index (χ3n) is 4.53. The van der Waals surface area contributed by atoms with Gasteiger partial charge in [-0.25, -0.2) is 4.79 Å². The van der Waals surface area contributed by atoms with Gasteiger partial charge in [-0.15, -0.1) is 0 Å². The van der Waals surface area contributed by atoms with E-state index in [1.165, 1.54) is 0 Å². The summed E-state index contributed by atoms with van der Waals surface area (Å²) >= 11 is 0. The third-order valence-corrected chi connectivity index (χ3v) is 4.53. The van der Waals surface area contributed by atoms with Crippen LogP contribution in [0, 0.1) is 5.41 Å². The quantitative estimate of drug-likeness (QED) is 0.589. The Morgan fingerprint density at radius 2 is 1.79 bits per heavy atom. The molecule has 1 fully saturated rings. The second kappa shape index (κ2) is 9.64. The molecule has 0 aliphatic carbocycles. The highest BCUT2D eigenvalue weighted by Crippen LogP contribution is 2.31. The second-order valence-electron chi connectivity index (χ2n) is 6.49. The summed E-state index contributed by atoms with van der Waals surface area (Å²) in [5.74, 6) is -0.200. The number of carboxylic acids is 1. The van der Waals surface area contributed by atoms with E-state index in [0.29, 0.717) is 6.61 Å². The summed E-state index contributed by atoms with van der Waals surface area (Å²) in [5, 5.41) is 8.83. The summed E-state index contributed by atoms with van der Waals surface area (Å²) in [6, 6.07) is 6.52. The summed E-state index contributed by atoms with van der Waals surface area (Å²) < 4.78 is 16.7. The number of hydrogen-bond donors (Lipinski definition) is 1. The average molecular weight is 336 g/mol. The minimum Gasteiger partial charge on any atom is -0.494 e. The van der Waals surface area contributed by atoms with Crippen LogP contribution >= 0.6 is 0 Å². The molecule has 134 valence electrons. The maximum absolute atomic E-state index is 10.8. The summed E-state index contributed by atoms with van der Waals surface area (Å²) in [7, 11) is 0. The van der Waals surface area contributed by atoms with E-state index in [-0.39, 0.29) is 11.0 Å². The van der Waals surface area contributed by atoms with E-state index >= 15 is 0 Å². The van der Waals surface area contributed by atoms with E-state index in [1.807, 2.05) is 0 Å². The maximum atomic E-state index is 10.8. The summed E-state index contributed by atoms with van der Waals surface area (Å²) in [6.07, 6.45) is 5.44. The lowest BCUT2D eigenvalue weighted by molar-refractivity contribution is -0.150. The molecule has 0 amide bonds. The van der Waals surface area contributed by atoms with Gasteiger partial charge in [0, 0.05) is 12.0 Å². The highest BCUT2D eigenvalue weighted by Gasteiger charge is 2.36. The Labute approximate surface area is 143 Å². The Hall–Kier alpha value is -1.59. The monoisotopic (exact) mass is 336 g/mol. The maximum Gasteiger partial charge on any atom is 0.335 e. The van der Waals surface area contributed by atoms with E-state index in [0.717, 1.165) is 64.3 Å². The summed E-state index contributed by atoms with van der Waals surface area (Å²) in [4.78, 5) is 10.8. The van der Waals surface area contributed by atoms with Gasteiger partial charge >= 0.3 is 5.97 Å². The predicted octanol–water partition coefficient (Wildman–Crippen LogP) is 3.77. The number of benzene rings is 1. The van der Waals surface area contributed by atoms with Crippen molar-refractivity contribution in [2.75, 3.05) is 33.0 Å². The molecule has 0 unspecified atom stereocenters. The molecule has 1 saturated heterocycles. The highest BCUT2D eigenvalue weighted by molar-refractivity contribution is 5.87. The lowest BCUT2D eigenvalue weighted by atomic mass is 9.84. The van der Waals surface area contributed by atoms with E-state index in [2.05, 4.69) is 6.92 Å². The van der Waals surface area contributed by atoms with Crippen LogP contribution < -0.4 is 4.74 Å². The molecule has 1 aromatic rings. The van der Waals surface area contributed by atoms with Crippen LogP contribution in [0.3, 0.4) is 0 Å². The molecule has 1 heterocycles. The molecule has 5 nitrogen and oxygen atoms in total. The first-order chi connectivity index (χ1) is 11.7. The van der Waals surface area contributed by atoms with Gasteiger partial charge < -0.3 is 19.3 Å². The number of rotatable bonds is 12. The van der Waals surface area contributed by atoms with Crippen LogP contribution in [0.2, 0.25) is 0 Å². The molecular weight excluding hydrogens is 308 g/mol. The van der Waals surface area contributed by atoms with Crippen LogP contribution in [0.25, 0.3) is 0 Å². The van der Waals surface area contributed by atoms with Gasteiger partial charge in [0.05, 0.1) is 32.0 Å². The van der Waals surface area contributed by atoms with Gasteiger partial charge in [0.25, 0.3) is 0 Å². The first-order valence-electron chi connectivity index (χ1n) is 8.77. The molecule has 1 aromatic carbocycles. The van der Waals surface area contributed by atoms with E-state index < -0.39 is 5.97 Å². The van der Waals surface area contributed by atoms with Crippen LogP contribution in [0.5, 0.6) is 5.75 Å². The molecule has 1 aliphatic heterocycles. The molecule has 1 N–H and O–H groups in total. The van der Waals surface area contributed by atoms with Crippen molar-refractivity contribution in [3.05, 3.63) is 29.8 Å². The zero-order valence-electron chi connectivity index (χ0n) is 14.5. The largest absolute Gasteiger partial charge is 0.494 e. The van der Waals surface area contributed by atoms with Crippen molar-refractivity contribution < 1.29 is 24.1 Å². The van der Waals surface area contributed by atoms with Crippen LogP contribution in [-0.2, 0) is 9.47 Å². The van der Waals surface area contributed by atoms with Gasteiger partial charge in [-0.3, -0.25) is 0 Å². The van der Waals surface area contributed by atoms with Gasteiger partial charge in [-0.2, -0.15) is 0 Å².